The monoisotopic (exact) mass is 983 g/mol. The molecule has 0 amide bonds. The van der Waals surface area contributed by atoms with Gasteiger partial charge in [-0.2, -0.15) is 0 Å². The summed E-state index contributed by atoms with van der Waals surface area (Å²) < 4.78 is 15.9. The maximum Gasteiger partial charge on any atom is 0.135 e. The average Bonchev–Trinajstić information content (AvgIpc) is 3.73. The first-order valence-electron chi connectivity index (χ1n) is 24.7. The number of methoxy groups -OCH3 is 3. The van der Waals surface area contributed by atoms with E-state index in [9.17, 15) is 0 Å². The molecule has 0 saturated heterocycles. The number of terminal acetylenes is 1. The summed E-state index contributed by atoms with van der Waals surface area (Å²) in [4.78, 5) is 5.63. The molecule has 6 aromatic carbocycles. The number of nitrogens with zero attached hydrogens (tertiary/aromatic N) is 2. The van der Waals surface area contributed by atoms with Gasteiger partial charge in [-0.15, -0.1) is 26.0 Å². The number of rotatable bonds is 16. The van der Waals surface area contributed by atoms with E-state index in [1.165, 1.54) is 36.2 Å². The number of ether oxygens (including phenoxy) is 3. The third-order valence-corrected chi connectivity index (χ3v) is 10.6. The molecule has 0 bridgehead atoms. The summed E-state index contributed by atoms with van der Waals surface area (Å²) in [5, 5.41) is 3.39. The Morgan fingerprint density at radius 1 is 0.644 bits per heavy atom. The van der Waals surface area contributed by atoms with Crippen molar-refractivity contribution in [3.8, 4) is 30.1 Å². The van der Waals surface area contributed by atoms with E-state index in [4.69, 9.17) is 14.2 Å². The summed E-state index contributed by atoms with van der Waals surface area (Å²) in [6, 6.07) is 53.3. The highest BCUT2D eigenvalue weighted by atomic mass is 16.5. The van der Waals surface area contributed by atoms with Gasteiger partial charge in [0.25, 0.3) is 0 Å². The lowest BCUT2D eigenvalue weighted by Gasteiger charge is -2.26. The van der Waals surface area contributed by atoms with Crippen LogP contribution in [0.25, 0.3) is 0 Å². The number of hydrogen-bond acceptors (Lipinski definition) is 7. The van der Waals surface area contributed by atoms with Crippen LogP contribution < -0.4 is 40.0 Å². The van der Waals surface area contributed by atoms with Gasteiger partial charge < -0.3 is 35.1 Å². The van der Waals surface area contributed by atoms with Crippen molar-refractivity contribution in [2.24, 2.45) is 5.73 Å². The fraction of sp³-hybridized carbons (Fsp3) is 0.231. The molecule has 1 atom stereocenters. The maximum absolute atomic E-state index is 5.41. The van der Waals surface area contributed by atoms with Crippen molar-refractivity contribution in [1.82, 2.24) is 0 Å². The lowest BCUT2D eigenvalue weighted by atomic mass is 10.1. The van der Waals surface area contributed by atoms with E-state index in [1.807, 2.05) is 111 Å². The van der Waals surface area contributed by atoms with Crippen molar-refractivity contribution in [3.63, 3.8) is 0 Å². The minimum absolute atomic E-state index is 0.761. The highest BCUT2D eigenvalue weighted by molar-refractivity contribution is 5.77. The molecule has 1 unspecified atom stereocenters. The molecule has 1 aliphatic carbocycles. The van der Waals surface area contributed by atoms with Gasteiger partial charge in [-0.1, -0.05) is 105 Å². The highest BCUT2D eigenvalue weighted by Crippen LogP contribution is 2.36. The number of quaternary nitrogens is 1. The zero-order chi connectivity index (χ0) is 54.1. The zero-order valence-electron chi connectivity index (χ0n) is 45.3. The Bertz CT molecular complexity index is 2510. The topological polar surface area (TPSA) is 76.7 Å². The van der Waals surface area contributed by atoms with Crippen LogP contribution in [0, 0.1) is 12.8 Å². The quantitative estimate of drug-likeness (QED) is 0.0659. The summed E-state index contributed by atoms with van der Waals surface area (Å²) in [6.07, 6.45) is 28.3. The lowest BCUT2D eigenvalue weighted by Crippen LogP contribution is -3.01. The van der Waals surface area contributed by atoms with Crippen LogP contribution in [-0.2, 0) is 0 Å². The third-order valence-electron chi connectivity index (χ3n) is 10.6. The molecular weight excluding hydrogens is 899 g/mol. The Morgan fingerprint density at radius 2 is 1.14 bits per heavy atom. The van der Waals surface area contributed by atoms with Crippen LogP contribution in [0.5, 0.6) is 17.2 Å². The molecule has 0 radical (unpaired) electrons. The zero-order valence-corrected chi connectivity index (χ0v) is 45.3. The molecule has 386 valence electrons. The molecule has 0 spiro atoms. The molecule has 8 heteroatoms. The van der Waals surface area contributed by atoms with E-state index in [0.29, 0.717) is 0 Å². The number of hydrogen-bond donors (Lipinski definition) is 3. The fourth-order valence-electron chi connectivity index (χ4n) is 6.72. The molecule has 7 rings (SSSR count). The Hall–Kier alpha value is -7.96. The van der Waals surface area contributed by atoms with Gasteiger partial charge >= 0.3 is 0 Å². The van der Waals surface area contributed by atoms with Crippen LogP contribution in [0.15, 0.2) is 231 Å². The Labute approximate surface area is 441 Å². The van der Waals surface area contributed by atoms with Crippen molar-refractivity contribution in [1.29, 1.82) is 0 Å². The smallest absolute Gasteiger partial charge is 0.135 e. The minimum atomic E-state index is 0.761. The highest BCUT2D eigenvalue weighted by Gasteiger charge is 2.15. The van der Waals surface area contributed by atoms with Crippen molar-refractivity contribution >= 4 is 39.8 Å². The first kappa shape index (κ1) is 63.1. The standard InChI is InChI=1S/C23H24N2O.C16H17NO.C14H17NO.C5H10.C4H8.C2H2.CH5N/c1-18(2)24(3)19-13-15-21(16-14-19)25(20-9-6-5-7-10-20)22-11-8-12-23(17-22)26-4;1-3-12-17(14-8-5-4-6-9-14)15-10-7-11-16(13-15)18-2;1-16-14-10-6-9-13(11-14)15-12-7-4-2-3-5-8-12;1-3-5-4-2;1-3-4-2;2*1-2/h5-17H,1H2,2-4H3;3-11,13H,1,12H2,2H3;4,6-11,15H,2-3,5H2,1H3;3,5H,4H2,1-2H3;3H,1,4H2,2H3;1-2H;2H2,1H3/p+1/b;;;5-3-;;;. The predicted molar refractivity (Wildman–Crippen MR) is 319 cm³/mol. The van der Waals surface area contributed by atoms with Gasteiger partial charge in [-0.25, -0.2) is 0 Å². The predicted octanol–water partition coefficient (Wildman–Crippen LogP) is 16.0. The molecule has 0 heterocycles. The minimum Gasteiger partial charge on any atom is -0.497 e. The molecule has 6 aromatic rings. The first-order valence-corrected chi connectivity index (χ1v) is 24.7. The molecule has 73 heavy (non-hydrogen) atoms. The number of benzene rings is 6. The SMILES string of the molecule is C#C.C/C=C\CC.C=C(C)[NH+](C)c1ccc(N(c2ccccc2)c2cccc(OC)c2)cc1.C=CCC.C=CCN(c1ccccc1)c1cccc(OC)c1.CN.COc1cccc(NC2=CCCCC=C2)c1. The van der Waals surface area contributed by atoms with Gasteiger partial charge in [0, 0.05) is 83.6 Å². The fourth-order valence-corrected chi connectivity index (χ4v) is 6.72. The van der Waals surface area contributed by atoms with Crippen molar-refractivity contribution < 1.29 is 19.1 Å². The summed E-state index contributed by atoms with van der Waals surface area (Å²) in [7, 11) is 8.66. The van der Waals surface area contributed by atoms with Crippen LogP contribution in [0.3, 0.4) is 0 Å². The second-order valence-electron chi connectivity index (χ2n) is 15.8. The normalized spacial score (nSPS) is 11.0. The molecular formula is C65H84N5O3+. The lowest BCUT2D eigenvalue weighted by molar-refractivity contribution is -0.765. The van der Waals surface area contributed by atoms with Crippen LogP contribution in [0.2, 0.25) is 0 Å². The molecule has 8 nitrogen and oxygen atoms in total. The summed E-state index contributed by atoms with van der Waals surface area (Å²) in [5.74, 6) is 2.58. The molecule has 4 N–H and O–H groups in total. The molecule has 1 aliphatic rings. The van der Waals surface area contributed by atoms with E-state index in [1.54, 1.807) is 21.3 Å². The van der Waals surface area contributed by atoms with Crippen LogP contribution in [-0.4, -0.2) is 42.0 Å². The van der Waals surface area contributed by atoms with Gasteiger partial charge in [0.05, 0.1) is 28.4 Å². The third kappa shape index (κ3) is 24.1. The number of nitrogens with one attached hydrogen (secondary N) is 2. The average molecular weight is 983 g/mol. The van der Waals surface area contributed by atoms with E-state index in [-0.39, 0.29) is 0 Å². The van der Waals surface area contributed by atoms with Crippen LogP contribution >= 0.6 is 0 Å². The van der Waals surface area contributed by atoms with Crippen molar-refractivity contribution in [2.45, 2.75) is 59.8 Å². The van der Waals surface area contributed by atoms with E-state index < -0.39 is 0 Å². The number of nitrogens with two attached hydrogens (primary N) is 1. The summed E-state index contributed by atoms with van der Waals surface area (Å²) in [6.45, 7) is 20.4. The van der Waals surface area contributed by atoms with Gasteiger partial charge in [0.2, 0.25) is 0 Å². The van der Waals surface area contributed by atoms with Gasteiger partial charge in [-0.05, 0) is 132 Å². The molecule has 0 fully saturated rings. The van der Waals surface area contributed by atoms with Crippen molar-refractivity contribution in [2.75, 3.05) is 57.1 Å². The van der Waals surface area contributed by atoms with E-state index in [0.717, 1.165) is 82.9 Å². The first-order chi connectivity index (χ1) is 35.7. The van der Waals surface area contributed by atoms with E-state index in [2.05, 4.69) is 178 Å². The Balaban J connectivity index is 0.000000500. The van der Waals surface area contributed by atoms with Gasteiger partial charge in [-0.3, -0.25) is 4.90 Å². The second kappa shape index (κ2) is 39.7. The van der Waals surface area contributed by atoms with Gasteiger partial charge in [0.15, 0.2) is 0 Å². The van der Waals surface area contributed by atoms with Crippen LogP contribution in [0.1, 0.15) is 59.8 Å². The number of anilines is 6. The second-order valence-corrected chi connectivity index (χ2v) is 15.8. The van der Waals surface area contributed by atoms with Crippen molar-refractivity contribution in [3.05, 3.63) is 231 Å². The summed E-state index contributed by atoms with van der Waals surface area (Å²) in [5.41, 5.74) is 14.5. The maximum atomic E-state index is 5.41. The van der Waals surface area contributed by atoms with Gasteiger partial charge in [0.1, 0.15) is 28.6 Å². The largest absolute Gasteiger partial charge is 0.497 e. The van der Waals surface area contributed by atoms with Crippen LogP contribution in [0.4, 0.5) is 39.8 Å². The van der Waals surface area contributed by atoms with E-state index >= 15 is 0 Å². The molecule has 0 aromatic heterocycles. The Morgan fingerprint density at radius 3 is 1.63 bits per heavy atom. The number of allylic oxidation sites excluding steroid dienone is 7. The molecule has 0 saturated carbocycles. The molecule has 0 aliphatic heterocycles. The summed E-state index contributed by atoms with van der Waals surface area (Å²) >= 11 is 0. The Kier molecular flexibility index (Phi) is 34.3. The number of para-hydroxylation sites is 2.